The molecule has 2 aromatic heterocycles. The maximum absolute atomic E-state index is 4.66. The molecule has 0 saturated heterocycles. The predicted molar refractivity (Wildman–Crippen MR) is 129 cm³/mol. The minimum absolute atomic E-state index is 0.963. The summed E-state index contributed by atoms with van der Waals surface area (Å²) < 4.78 is 0. The van der Waals surface area contributed by atoms with Gasteiger partial charge in [0.1, 0.15) is 0 Å². The molecule has 0 fully saturated rings. The van der Waals surface area contributed by atoms with Crippen molar-refractivity contribution < 1.29 is 0 Å². The highest BCUT2D eigenvalue weighted by Gasteiger charge is 2.08. The minimum Gasteiger partial charge on any atom is -0.256 e. The summed E-state index contributed by atoms with van der Waals surface area (Å²) in [7, 11) is 0. The van der Waals surface area contributed by atoms with E-state index in [-0.39, 0.29) is 0 Å². The molecular weight excluding hydrogens is 376 g/mol. The van der Waals surface area contributed by atoms with E-state index in [0.29, 0.717) is 0 Å². The molecule has 3 aromatic carbocycles. The van der Waals surface area contributed by atoms with Crippen molar-refractivity contribution in [3.63, 3.8) is 0 Å². The summed E-state index contributed by atoms with van der Waals surface area (Å²) in [6.07, 6.45) is 3.77. The lowest BCUT2D eigenvalue weighted by Crippen LogP contribution is -1.90. The Morgan fingerprint density at radius 2 is 0.871 bits per heavy atom. The van der Waals surface area contributed by atoms with Crippen molar-refractivity contribution in [1.29, 1.82) is 0 Å². The van der Waals surface area contributed by atoms with E-state index in [0.717, 1.165) is 33.6 Å². The molecule has 0 aliphatic heterocycles. The average molecular weight is 399 g/mol. The molecule has 2 heteroatoms. The Labute approximate surface area is 182 Å². The fourth-order valence-electron chi connectivity index (χ4n) is 3.88. The number of benzene rings is 3. The number of pyridine rings is 2. The predicted octanol–water partition coefficient (Wildman–Crippen LogP) is 7.45. The van der Waals surface area contributed by atoms with Crippen molar-refractivity contribution in [3.8, 4) is 44.8 Å². The van der Waals surface area contributed by atoms with Gasteiger partial charge >= 0.3 is 0 Å². The van der Waals surface area contributed by atoms with E-state index in [1.807, 2.05) is 24.5 Å². The van der Waals surface area contributed by atoms with Gasteiger partial charge in [-0.1, -0.05) is 60.7 Å². The zero-order valence-corrected chi connectivity index (χ0v) is 17.4. The van der Waals surface area contributed by atoms with E-state index < -0.39 is 0 Å². The molecule has 0 amide bonds. The third-order valence-corrected chi connectivity index (χ3v) is 5.40. The van der Waals surface area contributed by atoms with Gasteiger partial charge in [0.05, 0.1) is 11.4 Å². The van der Waals surface area contributed by atoms with Crippen molar-refractivity contribution in [2.75, 3.05) is 0 Å². The van der Waals surface area contributed by atoms with Gasteiger partial charge in [0.15, 0.2) is 0 Å². The molecule has 148 valence electrons. The van der Waals surface area contributed by atoms with Crippen LogP contribution in [0.3, 0.4) is 0 Å². The van der Waals surface area contributed by atoms with Crippen LogP contribution in [0.15, 0.2) is 116 Å². The van der Waals surface area contributed by atoms with E-state index in [1.165, 1.54) is 16.7 Å². The first-order valence-electron chi connectivity index (χ1n) is 10.4. The Balaban J connectivity index is 1.56. The zero-order chi connectivity index (χ0) is 21.0. The highest BCUT2D eigenvalue weighted by molar-refractivity contribution is 5.76. The monoisotopic (exact) mass is 398 g/mol. The van der Waals surface area contributed by atoms with Gasteiger partial charge in [0, 0.05) is 23.5 Å². The van der Waals surface area contributed by atoms with Crippen molar-refractivity contribution in [2.45, 2.75) is 6.92 Å². The van der Waals surface area contributed by atoms with Gasteiger partial charge in [-0.2, -0.15) is 0 Å². The Hall–Kier alpha value is -4.04. The largest absolute Gasteiger partial charge is 0.256 e. The number of hydrogen-bond donors (Lipinski definition) is 0. The fraction of sp³-hybridized carbons (Fsp3) is 0.0345. The summed E-state index contributed by atoms with van der Waals surface area (Å²) in [5.41, 5.74) is 10.0. The maximum Gasteiger partial charge on any atom is 0.0708 e. The molecule has 0 radical (unpaired) electrons. The molecular formula is C29H22N2. The lowest BCUT2D eigenvalue weighted by molar-refractivity contribution is 1.30. The normalized spacial score (nSPS) is 10.7. The van der Waals surface area contributed by atoms with Gasteiger partial charge in [0.25, 0.3) is 0 Å². The molecule has 2 heterocycles. The number of nitrogens with zero attached hydrogens (tertiary/aromatic N) is 2. The van der Waals surface area contributed by atoms with Crippen LogP contribution in [0, 0.1) is 6.92 Å². The van der Waals surface area contributed by atoms with E-state index in [4.69, 9.17) is 0 Å². The van der Waals surface area contributed by atoms with Gasteiger partial charge in [0.2, 0.25) is 0 Å². The van der Waals surface area contributed by atoms with E-state index in [1.54, 1.807) is 0 Å². The lowest BCUT2D eigenvalue weighted by Gasteiger charge is -2.10. The molecule has 5 rings (SSSR count). The smallest absolute Gasteiger partial charge is 0.0708 e. The van der Waals surface area contributed by atoms with E-state index in [9.17, 15) is 0 Å². The van der Waals surface area contributed by atoms with Gasteiger partial charge in [-0.3, -0.25) is 9.97 Å². The van der Waals surface area contributed by atoms with E-state index in [2.05, 4.69) is 108 Å². The van der Waals surface area contributed by atoms with Gasteiger partial charge in [-0.15, -0.1) is 0 Å². The van der Waals surface area contributed by atoms with Crippen molar-refractivity contribution in [2.24, 2.45) is 0 Å². The second-order valence-corrected chi connectivity index (χ2v) is 7.68. The molecule has 0 atom stereocenters. The quantitative estimate of drug-likeness (QED) is 0.314. The lowest BCUT2D eigenvalue weighted by atomic mass is 9.98. The molecule has 0 unspecified atom stereocenters. The van der Waals surface area contributed by atoms with Gasteiger partial charge < -0.3 is 0 Å². The number of rotatable bonds is 4. The Morgan fingerprint density at radius 3 is 1.32 bits per heavy atom. The SMILES string of the molecule is Cc1cc(-c2cc(-c3ccccc3)ccn2)cc(-c2cc(-c3ccccc3)ccn2)c1. The standard InChI is InChI=1S/C29H22N2/c1-21-16-26(28-19-24(12-14-30-28)22-8-4-2-5-9-22)18-27(17-21)29-20-25(13-15-31-29)23-10-6-3-7-11-23/h2-20H,1H3. The summed E-state index contributed by atoms with van der Waals surface area (Å²) in [5.74, 6) is 0. The van der Waals surface area contributed by atoms with Crippen LogP contribution in [0.1, 0.15) is 5.56 Å². The topological polar surface area (TPSA) is 25.8 Å². The van der Waals surface area contributed by atoms with Crippen LogP contribution in [0.5, 0.6) is 0 Å². The van der Waals surface area contributed by atoms with Crippen molar-refractivity contribution in [1.82, 2.24) is 9.97 Å². The molecule has 0 aliphatic carbocycles. The van der Waals surface area contributed by atoms with Gasteiger partial charge in [-0.05, 0) is 77.2 Å². The molecule has 0 N–H and O–H groups in total. The zero-order valence-electron chi connectivity index (χ0n) is 17.4. The van der Waals surface area contributed by atoms with Crippen LogP contribution in [-0.4, -0.2) is 9.97 Å². The van der Waals surface area contributed by atoms with Crippen molar-refractivity contribution in [3.05, 3.63) is 121 Å². The molecule has 31 heavy (non-hydrogen) atoms. The summed E-state index contributed by atoms with van der Waals surface area (Å²) in [4.78, 5) is 9.31. The highest BCUT2D eigenvalue weighted by Crippen LogP contribution is 2.30. The van der Waals surface area contributed by atoms with Crippen LogP contribution in [0.4, 0.5) is 0 Å². The fourth-order valence-corrected chi connectivity index (χ4v) is 3.88. The van der Waals surface area contributed by atoms with E-state index >= 15 is 0 Å². The first-order valence-corrected chi connectivity index (χ1v) is 10.4. The third-order valence-electron chi connectivity index (χ3n) is 5.40. The Morgan fingerprint density at radius 1 is 0.419 bits per heavy atom. The molecule has 2 nitrogen and oxygen atoms in total. The first kappa shape index (κ1) is 19.0. The highest BCUT2D eigenvalue weighted by atomic mass is 14.7. The second kappa shape index (κ2) is 8.37. The molecule has 5 aromatic rings. The summed E-state index contributed by atoms with van der Waals surface area (Å²) in [6, 6.07) is 35.8. The average Bonchev–Trinajstić information content (AvgIpc) is 2.85. The van der Waals surface area contributed by atoms with Gasteiger partial charge in [-0.25, -0.2) is 0 Å². The molecule has 0 aliphatic rings. The number of hydrogen-bond acceptors (Lipinski definition) is 2. The van der Waals surface area contributed by atoms with Crippen LogP contribution >= 0.6 is 0 Å². The molecule has 0 saturated carbocycles. The third kappa shape index (κ3) is 4.15. The summed E-state index contributed by atoms with van der Waals surface area (Å²) in [5, 5.41) is 0. The summed E-state index contributed by atoms with van der Waals surface area (Å²) in [6.45, 7) is 2.12. The number of aryl methyl sites for hydroxylation is 1. The van der Waals surface area contributed by atoms with Crippen molar-refractivity contribution >= 4 is 0 Å². The summed E-state index contributed by atoms with van der Waals surface area (Å²) >= 11 is 0. The van der Waals surface area contributed by atoms with Crippen LogP contribution in [-0.2, 0) is 0 Å². The molecule has 0 spiro atoms. The van der Waals surface area contributed by atoms with Crippen LogP contribution in [0.2, 0.25) is 0 Å². The first-order chi connectivity index (χ1) is 15.3. The Bertz CT molecular complexity index is 1220. The number of aromatic nitrogens is 2. The van der Waals surface area contributed by atoms with Crippen LogP contribution < -0.4 is 0 Å². The Kier molecular flexibility index (Phi) is 5.12. The van der Waals surface area contributed by atoms with Crippen LogP contribution in [0.25, 0.3) is 44.8 Å². The second-order valence-electron chi connectivity index (χ2n) is 7.68. The molecule has 0 bridgehead atoms. The minimum atomic E-state index is 0.963. The maximum atomic E-state index is 4.66.